The second kappa shape index (κ2) is 7.41. The second-order valence-corrected chi connectivity index (χ2v) is 5.32. The smallest absolute Gasteiger partial charge is 0.000753 e. The highest BCUT2D eigenvalue weighted by Gasteiger charge is 2.13. The molecule has 2 aromatic carbocycles. The minimum Gasteiger partial charge on any atom is -0.330 e. The molecule has 2 aromatic rings. The summed E-state index contributed by atoms with van der Waals surface area (Å²) in [5, 5.41) is 2.66. The number of fused-ring (bicyclic) bond motifs is 1. The van der Waals surface area contributed by atoms with Crippen LogP contribution in [0.2, 0.25) is 0 Å². The average molecular weight is 270 g/mol. The predicted molar refractivity (Wildman–Crippen MR) is 88.1 cm³/mol. The molecule has 2 N–H and O–H groups in total. The predicted octanol–water partition coefficient (Wildman–Crippen LogP) is 3.61. The lowest BCUT2D eigenvalue weighted by Crippen LogP contribution is -2.27. The summed E-state index contributed by atoms with van der Waals surface area (Å²) in [4.78, 5) is 2.47. The minimum atomic E-state index is 0.446. The largest absolute Gasteiger partial charge is 0.330 e. The van der Waals surface area contributed by atoms with Crippen LogP contribution >= 0.6 is 0 Å². The quantitative estimate of drug-likeness (QED) is 0.832. The van der Waals surface area contributed by atoms with Crippen molar-refractivity contribution >= 4 is 10.8 Å². The van der Waals surface area contributed by atoms with Gasteiger partial charge < -0.3 is 10.6 Å². The maximum Gasteiger partial charge on any atom is -0.000753 e. The first-order chi connectivity index (χ1) is 9.80. The van der Waals surface area contributed by atoms with Gasteiger partial charge in [0.2, 0.25) is 0 Å². The molecule has 2 heteroatoms. The van der Waals surface area contributed by atoms with E-state index in [2.05, 4.69) is 61.2 Å². The normalized spacial score (nSPS) is 13.0. The van der Waals surface area contributed by atoms with Crippen molar-refractivity contribution < 1.29 is 0 Å². The Morgan fingerprint density at radius 1 is 1.00 bits per heavy atom. The molecule has 0 aliphatic carbocycles. The Morgan fingerprint density at radius 3 is 2.40 bits per heavy atom. The van der Waals surface area contributed by atoms with E-state index in [1.165, 1.54) is 16.3 Å². The van der Waals surface area contributed by atoms with Crippen LogP contribution in [0.25, 0.3) is 10.8 Å². The zero-order valence-electron chi connectivity index (χ0n) is 12.7. The summed E-state index contributed by atoms with van der Waals surface area (Å²) >= 11 is 0. The van der Waals surface area contributed by atoms with Gasteiger partial charge in [-0.3, -0.25) is 0 Å². The summed E-state index contributed by atoms with van der Waals surface area (Å²) in [7, 11) is 0. The van der Waals surface area contributed by atoms with Gasteiger partial charge in [-0.25, -0.2) is 0 Å². The van der Waals surface area contributed by atoms with Crippen molar-refractivity contribution in [2.45, 2.75) is 26.2 Å². The highest BCUT2D eigenvalue weighted by atomic mass is 15.1. The van der Waals surface area contributed by atoms with Gasteiger partial charge in [0.25, 0.3) is 0 Å². The lowest BCUT2D eigenvalue weighted by molar-refractivity contribution is 0.291. The maximum atomic E-state index is 6.05. The molecule has 20 heavy (non-hydrogen) atoms. The van der Waals surface area contributed by atoms with Crippen LogP contribution in [0.3, 0.4) is 0 Å². The van der Waals surface area contributed by atoms with E-state index < -0.39 is 0 Å². The summed E-state index contributed by atoms with van der Waals surface area (Å²) in [5.41, 5.74) is 7.45. The molecule has 0 aromatic heterocycles. The van der Waals surface area contributed by atoms with Gasteiger partial charge in [0.15, 0.2) is 0 Å². The van der Waals surface area contributed by atoms with Crippen LogP contribution in [0, 0.1) is 0 Å². The van der Waals surface area contributed by atoms with Crippen molar-refractivity contribution in [2.24, 2.45) is 5.73 Å². The van der Waals surface area contributed by atoms with Gasteiger partial charge in [0, 0.05) is 0 Å². The van der Waals surface area contributed by atoms with Crippen molar-refractivity contribution in [1.29, 1.82) is 0 Å². The molecule has 2 rings (SSSR count). The fraction of sp³-hybridized carbons (Fsp3) is 0.444. The van der Waals surface area contributed by atoms with Gasteiger partial charge in [0.1, 0.15) is 0 Å². The van der Waals surface area contributed by atoms with Crippen LogP contribution in [-0.2, 0) is 0 Å². The van der Waals surface area contributed by atoms with Gasteiger partial charge >= 0.3 is 0 Å². The summed E-state index contributed by atoms with van der Waals surface area (Å²) in [6.45, 7) is 8.51. The zero-order chi connectivity index (χ0) is 14.4. The topological polar surface area (TPSA) is 29.3 Å². The lowest BCUT2D eigenvalue weighted by Gasteiger charge is -2.23. The third kappa shape index (κ3) is 3.38. The molecule has 0 bridgehead atoms. The number of hydrogen-bond donors (Lipinski definition) is 1. The van der Waals surface area contributed by atoms with Crippen molar-refractivity contribution in [3.05, 3.63) is 48.0 Å². The fourth-order valence-corrected chi connectivity index (χ4v) is 2.89. The van der Waals surface area contributed by atoms with Crippen molar-refractivity contribution in [2.75, 3.05) is 26.2 Å². The van der Waals surface area contributed by atoms with Crippen molar-refractivity contribution in [3.63, 3.8) is 0 Å². The zero-order valence-corrected chi connectivity index (χ0v) is 12.7. The molecule has 2 nitrogen and oxygen atoms in total. The number of nitrogens with zero attached hydrogens (tertiary/aromatic N) is 1. The first-order valence-electron chi connectivity index (χ1n) is 7.70. The molecule has 0 radical (unpaired) electrons. The second-order valence-electron chi connectivity index (χ2n) is 5.32. The summed E-state index contributed by atoms with van der Waals surface area (Å²) in [6.07, 6.45) is 1.13. The van der Waals surface area contributed by atoms with Crippen LogP contribution in [0.1, 0.15) is 31.7 Å². The standard InChI is InChI=1S/C18H26N2/c1-3-20(4-2)13-12-16(14-19)18-11-7-9-15-8-5-6-10-17(15)18/h5-11,16H,3-4,12-14,19H2,1-2H3/t16-/m1/s1. The molecule has 1 atom stereocenters. The first kappa shape index (κ1) is 15.0. The monoisotopic (exact) mass is 270 g/mol. The Bertz CT molecular complexity index is 526. The van der Waals surface area contributed by atoms with Crippen LogP contribution < -0.4 is 5.73 Å². The average Bonchev–Trinajstić information content (AvgIpc) is 2.51. The lowest BCUT2D eigenvalue weighted by atomic mass is 9.91. The van der Waals surface area contributed by atoms with E-state index in [0.717, 1.165) is 32.6 Å². The van der Waals surface area contributed by atoms with Crippen LogP contribution in [0.15, 0.2) is 42.5 Å². The van der Waals surface area contributed by atoms with Gasteiger partial charge in [-0.2, -0.15) is 0 Å². The molecule has 0 spiro atoms. The van der Waals surface area contributed by atoms with Gasteiger partial charge in [0.05, 0.1) is 0 Å². The van der Waals surface area contributed by atoms with Gasteiger partial charge in [-0.1, -0.05) is 56.3 Å². The molecule has 108 valence electrons. The van der Waals surface area contributed by atoms with Crippen molar-refractivity contribution in [3.8, 4) is 0 Å². The molecule has 0 aliphatic heterocycles. The Morgan fingerprint density at radius 2 is 1.70 bits per heavy atom. The fourth-order valence-electron chi connectivity index (χ4n) is 2.89. The summed E-state index contributed by atoms with van der Waals surface area (Å²) < 4.78 is 0. The highest BCUT2D eigenvalue weighted by Crippen LogP contribution is 2.27. The molecule has 0 saturated carbocycles. The van der Waals surface area contributed by atoms with E-state index in [9.17, 15) is 0 Å². The molecule has 0 aliphatic rings. The third-order valence-electron chi connectivity index (χ3n) is 4.24. The van der Waals surface area contributed by atoms with E-state index in [4.69, 9.17) is 5.73 Å². The SMILES string of the molecule is CCN(CC)CC[C@H](CN)c1cccc2ccccc12. The highest BCUT2D eigenvalue weighted by molar-refractivity contribution is 5.86. The Hall–Kier alpha value is -1.38. The van der Waals surface area contributed by atoms with Gasteiger partial charge in [-0.15, -0.1) is 0 Å². The Kier molecular flexibility index (Phi) is 5.57. The van der Waals surface area contributed by atoms with Crippen molar-refractivity contribution in [1.82, 2.24) is 4.90 Å². The summed E-state index contributed by atoms with van der Waals surface area (Å²) in [5.74, 6) is 0.446. The van der Waals surface area contributed by atoms with Crippen LogP contribution in [-0.4, -0.2) is 31.1 Å². The number of hydrogen-bond acceptors (Lipinski definition) is 2. The molecule has 0 fully saturated rings. The van der Waals surface area contributed by atoms with E-state index in [0.29, 0.717) is 5.92 Å². The number of benzene rings is 2. The molecular formula is C18H26N2. The molecule has 0 unspecified atom stereocenters. The third-order valence-corrected chi connectivity index (χ3v) is 4.24. The van der Waals surface area contributed by atoms with E-state index >= 15 is 0 Å². The maximum absolute atomic E-state index is 6.05. The van der Waals surface area contributed by atoms with E-state index in [1.54, 1.807) is 0 Å². The number of nitrogens with two attached hydrogens (primary N) is 1. The van der Waals surface area contributed by atoms with Gasteiger partial charge in [-0.05, 0) is 54.9 Å². The molecule has 0 amide bonds. The number of rotatable bonds is 7. The molecule has 0 saturated heterocycles. The minimum absolute atomic E-state index is 0.446. The molecule has 0 heterocycles. The van der Waals surface area contributed by atoms with Crippen LogP contribution in [0.5, 0.6) is 0 Å². The molecular weight excluding hydrogens is 244 g/mol. The van der Waals surface area contributed by atoms with E-state index in [-0.39, 0.29) is 0 Å². The summed E-state index contributed by atoms with van der Waals surface area (Å²) in [6, 6.07) is 15.2. The Balaban J connectivity index is 2.21. The first-order valence-corrected chi connectivity index (χ1v) is 7.70. The van der Waals surface area contributed by atoms with E-state index in [1.807, 2.05) is 0 Å². The van der Waals surface area contributed by atoms with Crippen LogP contribution in [0.4, 0.5) is 0 Å². The Labute approximate surface area is 122 Å².